The maximum Gasteiger partial charge on any atom is 0.134 e. The minimum absolute atomic E-state index is 0.253. The molecule has 0 aromatic carbocycles. The Kier molecular flexibility index (Phi) is 2.47. The molecule has 0 aliphatic carbocycles. The van der Waals surface area contributed by atoms with Crippen LogP contribution in [0.25, 0.3) is 0 Å². The van der Waals surface area contributed by atoms with E-state index >= 15 is 0 Å². The van der Waals surface area contributed by atoms with Crippen molar-refractivity contribution in [3.63, 3.8) is 0 Å². The molecule has 0 aliphatic heterocycles. The highest BCUT2D eigenvalue weighted by Gasteiger charge is 2.02. The smallest absolute Gasteiger partial charge is 0.134 e. The second-order valence-electron chi connectivity index (χ2n) is 2.79. The molecule has 0 saturated carbocycles. The van der Waals surface area contributed by atoms with E-state index in [1.807, 2.05) is 0 Å². The number of aromatic nitrogens is 1. The average molecular weight is 151 g/mol. The lowest BCUT2D eigenvalue weighted by Crippen LogP contribution is -1.91. The third kappa shape index (κ3) is 1.93. The van der Waals surface area contributed by atoms with Crippen molar-refractivity contribution in [2.24, 2.45) is 0 Å². The van der Waals surface area contributed by atoms with Crippen molar-refractivity contribution in [1.29, 1.82) is 0 Å². The van der Waals surface area contributed by atoms with E-state index in [1.54, 1.807) is 12.3 Å². The molecule has 1 unspecified atom stereocenters. The van der Waals surface area contributed by atoms with Crippen molar-refractivity contribution in [2.75, 3.05) is 0 Å². The van der Waals surface area contributed by atoms with Crippen LogP contribution in [0.3, 0.4) is 0 Å². The highest BCUT2D eigenvalue weighted by molar-refractivity contribution is 5.24. The first kappa shape index (κ1) is 8.05. The van der Waals surface area contributed by atoms with Gasteiger partial charge in [-0.2, -0.15) is 0 Å². The molecule has 0 fully saturated rings. The Bertz CT molecular complexity index is 235. The van der Waals surface area contributed by atoms with Crippen molar-refractivity contribution in [2.45, 2.75) is 26.2 Å². The van der Waals surface area contributed by atoms with Crippen molar-refractivity contribution < 1.29 is 5.11 Å². The lowest BCUT2D eigenvalue weighted by atomic mass is 10.0. The Labute approximate surface area is 66.9 Å². The van der Waals surface area contributed by atoms with Crippen molar-refractivity contribution in [1.82, 2.24) is 4.98 Å². The fourth-order valence-electron chi connectivity index (χ4n) is 0.950. The van der Waals surface area contributed by atoms with Crippen LogP contribution in [-0.4, -0.2) is 10.1 Å². The van der Waals surface area contributed by atoms with Crippen LogP contribution >= 0.6 is 0 Å². The summed E-state index contributed by atoms with van der Waals surface area (Å²) >= 11 is 0. The molecule has 60 valence electrons. The molecule has 1 N–H and O–H groups in total. The predicted octanol–water partition coefficient (Wildman–Crippen LogP) is 2.30. The number of pyridine rings is 1. The van der Waals surface area contributed by atoms with Gasteiger partial charge in [-0.1, -0.05) is 13.8 Å². The number of hydrogen-bond donors (Lipinski definition) is 1. The van der Waals surface area contributed by atoms with E-state index in [0.29, 0.717) is 5.92 Å². The van der Waals surface area contributed by atoms with Gasteiger partial charge in [0.1, 0.15) is 5.75 Å². The van der Waals surface area contributed by atoms with Crippen LogP contribution in [-0.2, 0) is 0 Å². The first-order valence-corrected chi connectivity index (χ1v) is 3.88. The molecule has 2 nitrogen and oxygen atoms in total. The monoisotopic (exact) mass is 151 g/mol. The zero-order valence-electron chi connectivity index (χ0n) is 6.91. The standard InChI is InChI=1S/C9H13NO/c1-3-7(2)8-4-9(11)6-10-5-8/h4-7,11H,3H2,1-2H3. The Morgan fingerprint density at radius 3 is 2.82 bits per heavy atom. The lowest BCUT2D eigenvalue weighted by Gasteiger charge is -2.07. The molecule has 2 heteroatoms. The van der Waals surface area contributed by atoms with Crippen molar-refractivity contribution in [3.05, 3.63) is 24.0 Å². The van der Waals surface area contributed by atoms with Gasteiger partial charge < -0.3 is 5.11 Å². The van der Waals surface area contributed by atoms with E-state index in [0.717, 1.165) is 12.0 Å². The zero-order valence-corrected chi connectivity index (χ0v) is 6.91. The van der Waals surface area contributed by atoms with E-state index < -0.39 is 0 Å². The molecule has 1 aromatic rings. The molecule has 0 radical (unpaired) electrons. The van der Waals surface area contributed by atoms with Crippen LogP contribution in [0.4, 0.5) is 0 Å². The Morgan fingerprint density at radius 1 is 1.55 bits per heavy atom. The number of aromatic hydroxyl groups is 1. The van der Waals surface area contributed by atoms with E-state index in [2.05, 4.69) is 18.8 Å². The van der Waals surface area contributed by atoms with Crippen LogP contribution in [0.1, 0.15) is 31.7 Å². The molecular weight excluding hydrogens is 138 g/mol. The number of rotatable bonds is 2. The molecule has 11 heavy (non-hydrogen) atoms. The largest absolute Gasteiger partial charge is 0.506 e. The van der Waals surface area contributed by atoms with Gasteiger partial charge in [0.15, 0.2) is 0 Å². The highest BCUT2D eigenvalue weighted by Crippen LogP contribution is 2.20. The van der Waals surface area contributed by atoms with Crippen LogP contribution in [0.15, 0.2) is 18.5 Å². The maximum absolute atomic E-state index is 9.09. The summed E-state index contributed by atoms with van der Waals surface area (Å²) in [7, 11) is 0. The summed E-state index contributed by atoms with van der Waals surface area (Å²) in [5, 5.41) is 9.09. The summed E-state index contributed by atoms with van der Waals surface area (Å²) in [4.78, 5) is 3.90. The first-order valence-electron chi connectivity index (χ1n) is 3.88. The third-order valence-electron chi connectivity index (χ3n) is 1.93. The van der Waals surface area contributed by atoms with Crippen LogP contribution in [0.5, 0.6) is 5.75 Å². The quantitative estimate of drug-likeness (QED) is 0.703. The van der Waals surface area contributed by atoms with Gasteiger partial charge in [0, 0.05) is 6.20 Å². The summed E-state index contributed by atoms with van der Waals surface area (Å²) < 4.78 is 0. The Morgan fingerprint density at radius 2 is 2.27 bits per heavy atom. The molecule has 1 aromatic heterocycles. The highest BCUT2D eigenvalue weighted by atomic mass is 16.3. The van der Waals surface area contributed by atoms with Gasteiger partial charge in [-0.05, 0) is 24.0 Å². The molecule has 0 spiro atoms. The molecule has 1 heterocycles. The minimum atomic E-state index is 0.253. The summed E-state index contributed by atoms with van der Waals surface area (Å²) in [5.41, 5.74) is 1.10. The fraction of sp³-hybridized carbons (Fsp3) is 0.444. The molecule has 1 rings (SSSR count). The minimum Gasteiger partial charge on any atom is -0.506 e. The summed E-state index contributed by atoms with van der Waals surface area (Å²) in [6.07, 6.45) is 4.32. The van der Waals surface area contributed by atoms with Gasteiger partial charge in [0.2, 0.25) is 0 Å². The predicted molar refractivity (Wildman–Crippen MR) is 44.6 cm³/mol. The maximum atomic E-state index is 9.09. The lowest BCUT2D eigenvalue weighted by molar-refractivity contribution is 0.471. The van der Waals surface area contributed by atoms with E-state index in [-0.39, 0.29) is 5.75 Å². The summed E-state index contributed by atoms with van der Waals surface area (Å²) in [5.74, 6) is 0.734. The van der Waals surface area contributed by atoms with Gasteiger partial charge >= 0.3 is 0 Å². The summed E-state index contributed by atoms with van der Waals surface area (Å²) in [6.45, 7) is 4.24. The molecule has 0 bridgehead atoms. The normalized spacial score (nSPS) is 12.9. The Balaban J connectivity index is 2.86. The number of nitrogens with zero attached hydrogens (tertiary/aromatic N) is 1. The van der Waals surface area contributed by atoms with E-state index in [1.165, 1.54) is 6.20 Å². The summed E-state index contributed by atoms with van der Waals surface area (Å²) in [6, 6.07) is 1.77. The van der Waals surface area contributed by atoms with Crippen LogP contribution < -0.4 is 0 Å². The van der Waals surface area contributed by atoms with Crippen molar-refractivity contribution in [3.8, 4) is 5.75 Å². The van der Waals surface area contributed by atoms with Gasteiger partial charge in [-0.15, -0.1) is 0 Å². The topological polar surface area (TPSA) is 33.1 Å². The van der Waals surface area contributed by atoms with Crippen LogP contribution in [0.2, 0.25) is 0 Å². The zero-order chi connectivity index (χ0) is 8.27. The number of hydrogen-bond acceptors (Lipinski definition) is 2. The SMILES string of the molecule is CCC(C)c1cncc(O)c1. The Hall–Kier alpha value is -1.05. The average Bonchev–Trinajstić information content (AvgIpc) is 2.03. The van der Waals surface area contributed by atoms with Crippen molar-refractivity contribution >= 4 is 0 Å². The molecule has 0 aliphatic rings. The molecule has 1 atom stereocenters. The second-order valence-corrected chi connectivity index (χ2v) is 2.79. The molecule has 0 saturated heterocycles. The van der Waals surface area contributed by atoms with E-state index in [9.17, 15) is 0 Å². The van der Waals surface area contributed by atoms with Gasteiger partial charge in [0.05, 0.1) is 6.20 Å². The third-order valence-corrected chi connectivity index (χ3v) is 1.93. The van der Waals surface area contributed by atoms with E-state index in [4.69, 9.17) is 5.11 Å². The molecule has 0 amide bonds. The van der Waals surface area contributed by atoms with Gasteiger partial charge in [0.25, 0.3) is 0 Å². The van der Waals surface area contributed by atoms with Crippen LogP contribution in [0, 0.1) is 0 Å². The second kappa shape index (κ2) is 3.37. The van der Waals surface area contributed by atoms with Gasteiger partial charge in [-0.25, -0.2) is 0 Å². The first-order chi connectivity index (χ1) is 5.24. The van der Waals surface area contributed by atoms with Gasteiger partial charge in [-0.3, -0.25) is 4.98 Å². The fourth-order valence-corrected chi connectivity index (χ4v) is 0.950. The molecular formula is C9H13NO.